The molecule has 0 saturated carbocycles. The molecule has 1 atom stereocenters. The second-order valence-electron chi connectivity index (χ2n) is 5.17. The van der Waals surface area contributed by atoms with E-state index in [2.05, 4.69) is 6.58 Å². The molecular formula is C19H26BFO3. The summed E-state index contributed by atoms with van der Waals surface area (Å²) in [6.45, 7) is 11.2. The van der Waals surface area contributed by atoms with Crippen LogP contribution in [-0.4, -0.2) is 18.4 Å². The molecule has 2 rings (SSSR count). The van der Waals surface area contributed by atoms with Gasteiger partial charge in [0.1, 0.15) is 31.3 Å². The Bertz CT molecular complexity index is 636. The lowest BCUT2D eigenvalue weighted by atomic mass is 9.88. The van der Waals surface area contributed by atoms with Crippen molar-refractivity contribution >= 4 is 13.3 Å². The molecule has 0 bridgehead atoms. The number of aliphatic hydroxyl groups excluding tert-OH is 1. The standard InChI is InChI=1S/C17H18BFO2.C2H6.H2O/c1-4-11(9-15(20)10(2)3)21-16-8-5-12-13(18)6-7-14(19)17(12)16;1-2;/h4,6-7,9,16,20H,2,5,8H2,1,3H3;1-2H3;1H2/b11-4+,15-9+;;/t16-;;/m1../s1. The van der Waals surface area contributed by atoms with Crippen molar-refractivity contribution in [2.24, 2.45) is 0 Å². The lowest BCUT2D eigenvalue weighted by Crippen LogP contribution is -2.12. The first-order valence-electron chi connectivity index (χ1n) is 7.90. The minimum absolute atomic E-state index is 0. The van der Waals surface area contributed by atoms with Crippen LogP contribution in [0.4, 0.5) is 4.39 Å². The van der Waals surface area contributed by atoms with E-state index < -0.39 is 0 Å². The third-order valence-electron chi connectivity index (χ3n) is 3.60. The first-order valence-corrected chi connectivity index (χ1v) is 7.90. The summed E-state index contributed by atoms with van der Waals surface area (Å²) in [6.07, 6.45) is 4.19. The maximum Gasteiger partial charge on any atom is 0.130 e. The second kappa shape index (κ2) is 9.98. The van der Waals surface area contributed by atoms with Gasteiger partial charge in [-0.1, -0.05) is 32.0 Å². The van der Waals surface area contributed by atoms with Crippen LogP contribution in [0.1, 0.15) is 51.3 Å². The Labute approximate surface area is 145 Å². The third kappa shape index (κ3) is 5.00. The molecule has 0 fully saturated rings. The van der Waals surface area contributed by atoms with Gasteiger partial charge < -0.3 is 15.3 Å². The zero-order valence-electron chi connectivity index (χ0n) is 14.8. The lowest BCUT2D eigenvalue weighted by molar-refractivity contribution is 0.123. The van der Waals surface area contributed by atoms with Gasteiger partial charge >= 0.3 is 0 Å². The summed E-state index contributed by atoms with van der Waals surface area (Å²) in [5.41, 5.74) is 2.49. The van der Waals surface area contributed by atoms with Gasteiger partial charge in [-0.15, -0.1) is 0 Å². The molecule has 1 aromatic carbocycles. The molecule has 1 aliphatic rings. The molecule has 3 nitrogen and oxygen atoms in total. The molecule has 3 N–H and O–H groups in total. The van der Waals surface area contributed by atoms with Crippen LogP contribution in [-0.2, 0) is 11.2 Å². The van der Waals surface area contributed by atoms with Crippen molar-refractivity contribution < 1.29 is 19.7 Å². The number of benzene rings is 1. The Morgan fingerprint density at radius 1 is 1.42 bits per heavy atom. The molecule has 1 aliphatic carbocycles. The SMILES string of the molecule is CC.O.[B]c1ccc(F)c2c1CC[C@H]2OC(=C/C)/C=C(/O)C(=C)C. The van der Waals surface area contributed by atoms with Crippen LogP contribution in [0.5, 0.6) is 0 Å². The first kappa shape index (κ1) is 22.0. The first-order chi connectivity index (χ1) is 10.9. The zero-order chi connectivity index (χ0) is 17.6. The van der Waals surface area contributed by atoms with Gasteiger partial charge in [0.25, 0.3) is 0 Å². The Balaban J connectivity index is 0.00000170. The average molecular weight is 332 g/mol. The number of rotatable bonds is 4. The van der Waals surface area contributed by atoms with Gasteiger partial charge in [0.15, 0.2) is 0 Å². The molecule has 24 heavy (non-hydrogen) atoms. The Morgan fingerprint density at radius 3 is 2.58 bits per heavy atom. The predicted octanol–water partition coefficient (Wildman–Crippen LogP) is 3.75. The van der Waals surface area contributed by atoms with Gasteiger partial charge in [0, 0.05) is 11.6 Å². The fraction of sp³-hybridized carbons (Fsp3) is 0.368. The molecule has 130 valence electrons. The minimum atomic E-state index is -0.385. The highest BCUT2D eigenvalue weighted by atomic mass is 19.1. The molecule has 0 aliphatic heterocycles. The normalized spacial score (nSPS) is 16.5. The number of aliphatic hydroxyl groups is 1. The van der Waals surface area contributed by atoms with Crippen LogP contribution < -0.4 is 5.46 Å². The highest BCUT2D eigenvalue weighted by Gasteiger charge is 2.28. The molecular weight excluding hydrogens is 306 g/mol. The van der Waals surface area contributed by atoms with Crippen LogP contribution in [0.25, 0.3) is 0 Å². The molecule has 0 saturated heterocycles. The molecule has 1 aromatic rings. The summed E-state index contributed by atoms with van der Waals surface area (Å²) in [4.78, 5) is 0. The predicted molar refractivity (Wildman–Crippen MR) is 98.2 cm³/mol. The quantitative estimate of drug-likeness (QED) is 0.519. The van der Waals surface area contributed by atoms with Crippen LogP contribution in [0.2, 0.25) is 0 Å². The minimum Gasteiger partial charge on any atom is -0.508 e. The fourth-order valence-electron chi connectivity index (χ4n) is 2.43. The van der Waals surface area contributed by atoms with E-state index in [0.29, 0.717) is 35.2 Å². The van der Waals surface area contributed by atoms with Gasteiger partial charge in [0.2, 0.25) is 0 Å². The fourth-order valence-corrected chi connectivity index (χ4v) is 2.43. The van der Waals surface area contributed by atoms with E-state index in [-0.39, 0.29) is 23.2 Å². The molecule has 0 heterocycles. The van der Waals surface area contributed by atoms with Crippen molar-refractivity contribution in [1.29, 1.82) is 0 Å². The van der Waals surface area contributed by atoms with Gasteiger partial charge in [-0.05, 0) is 50.0 Å². The van der Waals surface area contributed by atoms with E-state index >= 15 is 0 Å². The summed E-state index contributed by atoms with van der Waals surface area (Å²) in [6, 6.07) is 2.95. The molecule has 5 heteroatoms. The average Bonchev–Trinajstić information content (AvgIpc) is 2.97. The Hall–Kier alpha value is -2.01. The largest absolute Gasteiger partial charge is 0.508 e. The summed E-state index contributed by atoms with van der Waals surface area (Å²) in [5.74, 6) is 0.231. The molecule has 2 radical (unpaired) electrons. The van der Waals surface area contributed by atoms with Crippen LogP contribution in [0, 0.1) is 5.82 Å². The van der Waals surface area contributed by atoms with Crippen molar-refractivity contribution in [3.63, 3.8) is 0 Å². The molecule has 0 aromatic heterocycles. The monoisotopic (exact) mass is 332 g/mol. The lowest BCUT2D eigenvalue weighted by Gasteiger charge is -2.17. The summed E-state index contributed by atoms with van der Waals surface area (Å²) in [5, 5.41) is 9.74. The van der Waals surface area contributed by atoms with Crippen LogP contribution in [0.15, 0.2) is 48.0 Å². The maximum absolute atomic E-state index is 14.0. The van der Waals surface area contributed by atoms with E-state index in [1.807, 2.05) is 13.8 Å². The van der Waals surface area contributed by atoms with Crippen molar-refractivity contribution in [2.75, 3.05) is 0 Å². The second-order valence-corrected chi connectivity index (χ2v) is 5.17. The highest BCUT2D eigenvalue weighted by Crippen LogP contribution is 2.36. The number of allylic oxidation sites excluding steroid dienone is 3. The van der Waals surface area contributed by atoms with Gasteiger partial charge in [0.05, 0.1) is 0 Å². The van der Waals surface area contributed by atoms with E-state index in [0.717, 1.165) is 5.56 Å². The summed E-state index contributed by atoms with van der Waals surface area (Å²) < 4.78 is 19.9. The van der Waals surface area contributed by atoms with E-state index in [1.54, 1.807) is 26.0 Å². The summed E-state index contributed by atoms with van der Waals surface area (Å²) in [7, 11) is 5.89. The topological polar surface area (TPSA) is 61.0 Å². The van der Waals surface area contributed by atoms with Gasteiger partial charge in [-0.2, -0.15) is 0 Å². The number of halogens is 1. The number of hydrogen-bond donors (Lipinski definition) is 1. The number of ether oxygens (including phenoxy) is 1. The van der Waals surface area contributed by atoms with Crippen molar-refractivity contribution in [2.45, 2.75) is 46.6 Å². The van der Waals surface area contributed by atoms with Crippen LogP contribution >= 0.6 is 0 Å². The van der Waals surface area contributed by atoms with E-state index in [1.165, 1.54) is 12.1 Å². The van der Waals surface area contributed by atoms with E-state index in [4.69, 9.17) is 12.6 Å². The number of fused-ring (bicyclic) bond motifs is 1. The number of hydrogen-bond acceptors (Lipinski definition) is 2. The van der Waals surface area contributed by atoms with Crippen LogP contribution in [0.3, 0.4) is 0 Å². The molecule has 0 amide bonds. The zero-order valence-corrected chi connectivity index (χ0v) is 14.8. The Kier molecular flexibility index (Phi) is 9.15. The van der Waals surface area contributed by atoms with Crippen molar-refractivity contribution in [3.05, 3.63) is 64.9 Å². The molecule has 0 spiro atoms. The van der Waals surface area contributed by atoms with Crippen molar-refractivity contribution in [1.82, 2.24) is 0 Å². The Morgan fingerprint density at radius 2 is 2.04 bits per heavy atom. The summed E-state index contributed by atoms with van der Waals surface area (Å²) >= 11 is 0. The van der Waals surface area contributed by atoms with Crippen molar-refractivity contribution in [3.8, 4) is 0 Å². The molecule has 0 unspecified atom stereocenters. The van der Waals surface area contributed by atoms with Gasteiger partial charge in [-0.25, -0.2) is 4.39 Å². The third-order valence-corrected chi connectivity index (χ3v) is 3.60. The smallest absolute Gasteiger partial charge is 0.130 e. The highest BCUT2D eigenvalue weighted by molar-refractivity contribution is 6.33. The maximum atomic E-state index is 14.0. The van der Waals surface area contributed by atoms with E-state index in [9.17, 15) is 9.50 Å². The van der Waals surface area contributed by atoms with Gasteiger partial charge in [-0.3, -0.25) is 0 Å².